The normalized spacial score (nSPS) is 22.9. The van der Waals surface area contributed by atoms with Crippen molar-refractivity contribution in [2.75, 3.05) is 6.54 Å². The molecule has 2 aliphatic carbocycles. The number of nitrogens with one attached hydrogen (secondary N) is 3. The summed E-state index contributed by atoms with van der Waals surface area (Å²) in [7, 11) is 0. The Labute approximate surface area is 206 Å². The molecule has 5 rings (SSSR count). The van der Waals surface area contributed by atoms with Crippen LogP contribution in [0.3, 0.4) is 0 Å². The molecular weight excluding hydrogens is 438 g/mol. The van der Waals surface area contributed by atoms with Crippen LogP contribution >= 0.6 is 0 Å². The summed E-state index contributed by atoms with van der Waals surface area (Å²) in [6, 6.07) is 18.1. The fourth-order valence-electron chi connectivity index (χ4n) is 5.90. The van der Waals surface area contributed by atoms with Gasteiger partial charge in [0.2, 0.25) is 5.91 Å². The summed E-state index contributed by atoms with van der Waals surface area (Å²) in [6.07, 6.45) is 8.05. The molecule has 4 atom stereocenters. The molecule has 3 N–H and O–H groups in total. The van der Waals surface area contributed by atoms with Gasteiger partial charge in [0.25, 0.3) is 0 Å². The highest BCUT2D eigenvalue weighted by molar-refractivity contribution is 5.91. The van der Waals surface area contributed by atoms with E-state index in [1.54, 1.807) is 6.92 Å². The van der Waals surface area contributed by atoms with E-state index in [0.29, 0.717) is 18.9 Å². The Balaban J connectivity index is 1.29. The van der Waals surface area contributed by atoms with Crippen molar-refractivity contribution in [1.82, 2.24) is 15.6 Å². The Kier molecular flexibility index (Phi) is 6.80. The summed E-state index contributed by atoms with van der Waals surface area (Å²) < 4.78 is 5.91. The van der Waals surface area contributed by atoms with Crippen LogP contribution in [0.2, 0.25) is 0 Å². The highest BCUT2D eigenvalue weighted by Crippen LogP contribution is 2.43. The number of carbonyl (C=O) groups is 2. The van der Waals surface area contributed by atoms with Gasteiger partial charge in [0.05, 0.1) is 0 Å². The number of aromatic amines is 1. The van der Waals surface area contributed by atoms with Crippen molar-refractivity contribution in [3.05, 3.63) is 71.9 Å². The van der Waals surface area contributed by atoms with E-state index in [4.69, 9.17) is 4.74 Å². The quantitative estimate of drug-likeness (QED) is 0.424. The molecule has 2 saturated carbocycles. The molecule has 0 aliphatic heterocycles. The third-order valence-corrected chi connectivity index (χ3v) is 7.87. The van der Waals surface area contributed by atoms with E-state index < -0.39 is 11.6 Å². The number of carbonyl (C=O) groups excluding carboxylic acids is 2. The molecule has 184 valence electrons. The Morgan fingerprint density at radius 3 is 2.66 bits per heavy atom. The highest BCUT2D eigenvalue weighted by Gasteiger charge is 2.40. The minimum atomic E-state index is -1.15. The number of para-hydroxylation sites is 1. The molecule has 0 radical (unpaired) electrons. The molecule has 3 unspecified atom stereocenters. The number of hydrogen-bond acceptors (Lipinski definition) is 3. The molecule has 1 aromatic heterocycles. The molecule has 6 nitrogen and oxygen atoms in total. The molecule has 2 aliphatic rings. The monoisotopic (exact) mass is 473 g/mol. The SMILES string of the molecule is C[C@@](Cc1c[nH]c2ccccc12)(NC(=O)OC1CCC2CCC1C2)C(=O)NCCc1ccccc1. The van der Waals surface area contributed by atoms with Crippen LogP contribution in [0.4, 0.5) is 4.79 Å². The smallest absolute Gasteiger partial charge is 0.408 e. The standard InChI is InChI=1S/C29H35N3O3/c1-29(18-23-19-31-25-10-6-5-9-24(23)25,27(33)30-16-15-20-7-3-2-4-8-20)32-28(34)35-26-14-12-21-11-13-22(26)17-21/h2-10,19,21-22,26,31H,11-18H2,1H3,(H,30,33)(H,32,34)/t21?,22?,26?,29-/m0/s1. The first-order chi connectivity index (χ1) is 17.0. The van der Waals surface area contributed by atoms with Crippen LogP contribution in [-0.4, -0.2) is 35.2 Å². The number of aromatic nitrogens is 1. The van der Waals surface area contributed by atoms with Crippen molar-refractivity contribution in [3.8, 4) is 0 Å². The van der Waals surface area contributed by atoms with Crippen LogP contribution in [0.5, 0.6) is 0 Å². The lowest BCUT2D eigenvalue weighted by Gasteiger charge is -2.32. The summed E-state index contributed by atoms with van der Waals surface area (Å²) >= 11 is 0. The Morgan fingerprint density at radius 1 is 1.03 bits per heavy atom. The molecular formula is C29H35N3O3. The largest absolute Gasteiger partial charge is 0.446 e. The van der Waals surface area contributed by atoms with Gasteiger partial charge < -0.3 is 20.4 Å². The maximum atomic E-state index is 13.5. The van der Waals surface area contributed by atoms with E-state index in [9.17, 15) is 9.59 Å². The summed E-state index contributed by atoms with van der Waals surface area (Å²) in [5.41, 5.74) is 2.00. The van der Waals surface area contributed by atoms with E-state index in [1.165, 1.54) is 6.42 Å². The van der Waals surface area contributed by atoms with Crippen molar-refractivity contribution in [3.63, 3.8) is 0 Å². The molecule has 2 fully saturated rings. The lowest BCUT2D eigenvalue weighted by atomic mass is 9.87. The Hall–Kier alpha value is -3.28. The lowest BCUT2D eigenvalue weighted by molar-refractivity contribution is -0.127. The molecule has 0 saturated heterocycles. The van der Waals surface area contributed by atoms with Gasteiger partial charge in [-0.3, -0.25) is 4.79 Å². The minimum Gasteiger partial charge on any atom is -0.446 e. The number of hydrogen-bond donors (Lipinski definition) is 3. The molecule has 3 aromatic rings. The molecule has 6 heteroatoms. The van der Waals surface area contributed by atoms with Crippen molar-refractivity contribution < 1.29 is 14.3 Å². The number of alkyl carbamates (subject to hydrolysis) is 1. The first-order valence-corrected chi connectivity index (χ1v) is 12.9. The number of benzene rings is 2. The highest BCUT2D eigenvalue weighted by atomic mass is 16.6. The van der Waals surface area contributed by atoms with Crippen molar-refractivity contribution in [2.24, 2.45) is 11.8 Å². The van der Waals surface area contributed by atoms with E-state index in [0.717, 1.165) is 60.1 Å². The third-order valence-electron chi connectivity index (χ3n) is 7.87. The molecule has 2 aromatic carbocycles. The molecule has 2 bridgehead atoms. The van der Waals surface area contributed by atoms with Gasteiger partial charge in [-0.25, -0.2) is 4.79 Å². The predicted molar refractivity (Wildman–Crippen MR) is 137 cm³/mol. The van der Waals surface area contributed by atoms with Crippen molar-refractivity contribution in [1.29, 1.82) is 0 Å². The van der Waals surface area contributed by atoms with Gasteiger partial charge in [-0.15, -0.1) is 0 Å². The zero-order valence-corrected chi connectivity index (χ0v) is 20.4. The summed E-state index contributed by atoms with van der Waals surface area (Å²) in [6.45, 7) is 2.29. The number of H-pyrrole nitrogens is 1. The van der Waals surface area contributed by atoms with Gasteiger partial charge in [0.15, 0.2) is 0 Å². The van der Waals surface area contributed by atoms with Gasteiger partial charge in [-0.05, 0) is 68.1 Å². The zero-order chi connectivity index (χ0) is 24.3. The van der Waals surface area contributed by atoms with Gasteiger partial charge in [0.1, 0.15) is 11.6 Å². The first-order valence-electron chi connectivity index (χ1n) is 12.9. The van der Waals surface area contributed by atoms with E-state index >= 15 is 0 Å². The maximum Gasteiger partial charge on any atom is 0.408 e. The van der Waals surface area contributed by atoms with E-state index in [1.807, 2.05) is 60.8 Å². The Bertz CT molecular complexity index is 1170. The second-order valence-corrected chi connectivity index (χ2v) is 10.4. The lowest BCUT2D eigenvalue weighted by Crippen LogP contribution is -2.59. The van der Waals surface area contributed by atoms with Crippen LogP contribution in [-0.2, 0) is 22.4 Å². The number of fused-ring (bicyclic) bond motifs is 3. The topological polar surface area (TPSA) is 83.2 Å². The summed E-state index contributed by atoms with van der Waals surface area (Å²) in [5.74, 6) is 1.05. The van der Waals surface area contributed by atoms with Gasteiger partial charge in [0, 0.05) is 30.1 Å². The van der Waals surface area contributed by atoms with E-state index in [-0.39, 0.29) is 12.0 Å². The second kappa shape index (κ2) is 10.1. The number of amides is 2. The van der Waals surface area contributed by atoms with Gasteiger partial charge >= 0.3 is 6.09 Å². The van der Waals surface area contributed by atoms with Gasteiger partial charge in [-0.1, -0.05) is 55.0 Å². The van der Waals surface area contributed by atoms with Crippen molar-refractivity contribution >= 4 is 22.9 Å². The van der Waals surface area contributed by atoms with Crippen LogP contribution in [0.1, 0.15) is 50.2 Å². The van der Waals surface area contributed by atoms with Crippen LogP contribution in [0, 0.1) is 11.8 Å². The van der Waals surface area contributed by atoms with Crippen molar-refractivity contribution in [2.45, 2.75) is 63.5 Å². The fraction of sp³-hybridized carbons (Fsp3) is 0.448. The average Bonchev–Trinajstić information content (AvgIpc) is 3.45. The summed E-state index contributed by atoms with van der Waals surface area (Å²) in [5, 5.41) is 7.06. The number of rotatable bonds is 8. The Morgan fingerprint density at radius 2 is 1.80 bits per heavy atom. The summed E-state index contributed by atoms with van der Waals surface area (Å²) in [4.78, 5) is 29.8. The van der Waals surface area contributed by atoms with Crippen LogP contribution < -0.4 is 10.6 Å². The maximum absolute atomic E-state index is 13.5. The van der Waals surface area contributed by atoms with Crippen LogP contribution in [0.15, 0.2) is 60.8 Å². The second-order valence-electron chi connectivity index (χ2n) is 10.4. The molecule has 1 heterocycles. The predicted octanol–water partition coefficient (Wildman–Crippen LogP) is 5.13. The first kappa shape index (κ1) is 23.5. The zero-order valence-electron chi connectivity index (χ0n) is 20.4. The third kappa shape index (κ3) is 5.37. The van der Waals surface area contributed by atoms with E-state index in [2.05, 4.69) is 15.6 Å². The molecule has 2 amide bonds. The van der Waals surface area contributed by atoms with Gasteiger partial charge in [-0.2, -0.15) is 0 Å². The molecule has 35 heavy (non-hydrogen) atoms. The molecule has 0 spiro atoms. The van der Waals surface area contributed by atoms with Crippen LogP contribution in [0.25, 0.3) is 10.9 Å². The number of ether oxygens (including phenoxy) is 1. The fourth-order valence-corrected chi connectivity index (χ4v) is 5.90. The minimum absolute atomic E-state index is 0.0489. The average molecular weight is 474 g/mol.